The van der Waals surface area contributed by atoms with Gasteiger partial charge in [-0.05, 0) is 51.3 Å². The Morgan fingerprint density at radius 3 is 2.76 bits per heavy atom. The third kappa shape index (κ3) is 6.84. The lowest BCUT2D eigenvalue weighted by Gasteiger charge is -2.34. The molecule has 1 aliphatic heterocycles. The number of allylic oxidation sites excluding steroid dienone is 6. The first kappa shape index (κ1) is 26.2. The Balaban J connectivity index is 1.85. The molecule has 188 valence electrons. The molecule has 0 spiro atoms. The van der Waals surface area contributed by atoms with Crippen molar-refractivity contribution in [1.29, 1.82) is 0 Å². The van der Waals surface area contributed by atoms with Gasteiger partial charge in [0.2, 0.25) is 0 Å². The SMILES string of the molecule is COC(OC)c1[nH]nc(N2CCC[C@@H](NC(=O)OC(C)(C)C)C2)c1CC1=CCC(F)=CC=C1Cl. The van der Waals surface area contributed by atoms with Crippen LogP contribution >= 0.6 is 11.6 Å². The summed E-state index contributed by atoms with van der Waals surface area (Å²) in [7, 11) is 3.11. The quantitative estimate of drug-likeness (QED) is 0.514. The second-order valence-corrected chi connectivity index (χ2v) is 9.82. The smallest absolute Gasteiger partial charge is 0.407 e. The summed E-state index contributed by atoms with van der Waals surface area (Å²) >= 11 is 6.45. The first-order valence-electron chi connectivity index (χ1n) is 11.4. The summed E-state index contributed by atoms with van der Waals surface area (Å²) in [6.07, 6.45) is 5.96. The molecule has 34 heavy (non-hydrogen) atoms. The topological polar surface area (TPSA) is 88.7 Å². The van der Waals surface area contributed by atoms with Gasteiger partial charge in [0.05, 0.1) is 5.69 Å². The lowest BCUT2D eigenvalue weighted by Crippen LogP contribution is -2.49. The van der Waals surface area contributed by atoms with Gasteiger partial charge in [0.1, 0.15) is 11.4 Å². The Hall–Kier alpha value is -2.36. The van der Waals surface area contributed by atoms with Crippen LogP contribution in [-0.4, -0.2) is 55.2 Å². The number of carbonyl (C=O) groups is 1. The van der Waals surface area contributed by atoms with E-state index in [2.05, 4.69) is 20.4 Å². The Bertz CT molecular complexity index is 963. The summed E-state index contributed by atoms with van der Waals surface area (Å²) in [4.78, 5) is 14.4. The summed E-state index contributed by atoms with van der Waals surface area (Å²) in [5, 5.41) is 11.1. The molecule has 1 aromatic heterocycles. The van der Waals surface area contributed by atoms with E-state index in [9.17, 15) is 9.18 Å². The van der Waals surface area contributed by atoms with Crippen molar-refractivity contribution in [2.24, 2.45) is 0 Å². The van der Waals surface area contributed by atoms with Crippen LogP contribution in [0.4, 0.5) is 15.0 Å². The third-order valence-corrected chi connectivity index (χ3v) is 5.98. The summed E-state index contributed by atoms with van der Waals surface area (Å²) in [6, 6.07) is -0.0869. The fourth-order valence-corrected chi connectivity index (χ4v) is 4.30. The molecule has 0 saturated carbocycles. The number of aromatic amines is 1. The standard InChI is InChI=1S/C24H34ClFN4O4/c1-24(2,3)34-23(31)27-17-7-6-12-30(14-17)21-18(20(28-29-21)22(32-4)33-5)13-15-8-9-16(26)10-11-19(15)25/h8,10-11,17,22H,6-7,9,12-14H2,1-5H3,(H,27,31)(H,28,29)/t17-/m1/s1. The molecule has 1 atom stereocenters. The number of ether oxygens (including phenoxy) is 3. The Kier molecular flexibility index (Phi) is 8.78. The average Bonchev–Trinajstić information content (AvgIpc) is 3.10. The number of aromatic nitrogens is 2. The molecular formula is C24H34ClFN4O4. The van der Waals surface area contributed by atoms with Crippen LogP contribution in [-0.2, 0) is 20.6 Å². The number of methoxy groups -OCH3 is 2. The minimum Gasteiger partial charge on any atom is -0.444 e. The highest BCUT2D eigenvalue weighted by Gasteiger charge is 2.30. The number of hydrogen-bond donors (Lipinski definition) is 2. The van der Waals surface area contributed by atoms with Crippen LogP contribution in [0.3, 0.4) is 0 Å². The monoisotopic (exact) mass is 496 g/mol. The van der Waals surface area contributed by atoms with E-state index in [0.717, 1.165) is 36.3 Å². The van der Waals surface area contributed by atoms with Gasteiger partial charge in [-0.15, -0.1) is 0 Å². The molecule has 2 heterocycles. The Labute approximate surface area is 205 Å². The number of hydrogen-bond acceptors (Lipinski definition) is 6. The summed E-state index contributed by atoms with van der Waals surface area (Å²) in [6.45, 7) is 6.85. The molecule has 1 fully saturated rings. The van der Waals surface area contributed by atoms with Crippen LogP contribution in [0.5, 0.6) is 0 Å². The van der Waals surface area contributed by atoms with Crippen molar-refractivity contribution in [1.82, 2.24) is 15.5 Å². The van der Waals surface area contributed by atoms with E-state index in [0.29, 0.717) is 23.7 Å². The van der Waals surface area contributed by atoms with E-state index >= 15 is 0 Å². The van der Waals surface area contributed by atoms with Crippen LogP contribution in [0.2, 0.25) is 0 Å². The van der Waals surface area contributed by atoms with Gasteiger partial charge in [0.15, 0.2) is 12.1 Å². The summed E-state index contributed by atoms with van der Waals surface area (Å²) < 4.78 is 30.2. The van der Waals surface area contributed by atoms with E-state index in [1.54, 1.807) is 26.4 Å². The number of H-pyrrole nitrogens is 1. The van der Waals surface area contributed by atoms with E-state index in [1.165, 1.54) is 6.08 Å². The Morgan fingerprint density at radius 1 is 1.35 bits per heavy atom. The highest BCUT2D eigenvalue weighted by atomic mass is 35.5. The molecule has 1 amide bonds. The number of amides is 1. The predicted octanol–water partition coefficient (Wildman–Crippen LogP) is 5.04. The number of carbonyl (C=O) groups excluding carboxylic acids is 1. The molecule has 10 heteroatoms. The van der Waals surface area contributed by atoms with E-state index < -0.39 is 18.0 Å². The largest absolute Gasteiger partial charge is 0.444 e. The lowest BCUT2D eigenvalue weighted by molar-refractivity contribution is -0.109. The molecule has 0 bridgehead atoms. The molecule has 3 rings (SSSR count). The van der Waals surface area contributed by atoms with E-state index in [-0.39, 0.29) is 18.3 Å². The molecule has 2 N–H and O–H groups in total. The van der Waals surface area contributed by atoms with Gasteiger partial charge >= 0.3 is 6.09 Å². The van der Waals surface area contributed by atoms with Crippen LogP contribution in [0.1, 0.15) is 57.6 Å². The maximum atomic E-state index is 13.8. The van der Waals surface area contributed by atoms with Gasteiger partial charge < -0.3 is 24.4 Å². The molecule has 1 aromatic rings. The van der Waals surface area contributed by atoms with Gasteiger partial charge in [0, 0.05) is 56.8 Å². The molecule has 0 aromatic carbocycles. The third-order valence-electron chi connectivity index (χ3n) is 5.61. The van der Waals surface area contributed by atoms with Crippen molar-refractivity contribution in [2.75, 3.05) is 32.2 Å². The van der Waals surface area contributed by atoms with Crippen LogP contribution in [0, 0.1) is 0 Å². The number of halogens is 2. The molecule has 1 saturated heterocycles. The number of anilines is 1. The van der Waals surface area contributed by atoms with Gasteiger partial charge in [-0.25, -0.2) is 9.18 Å². The zero-order chi connectivity index (χ0) is 24.9. The van der Waals surface area contributed by atoms with Crippen molar-refractivity contribution < 1.29 is 23.4 Å². The van der Waals surface area contributed by atoms with Crippen LogP contribution < -0.4 is 10.2 Å². The van der Waals surface area contributed by atoms with Crippen molar-refractivity contribution in [3.05, 3.63) is 45.9 Å². The van der Waals surface area contributed by atoms with E-state index in [4.69, 9.17) is 25.8 Å². The molecule has 8 nitrogen and oxygen atoms in total. The number of nitrogens with one attached hydrogen (secondary N) is 2. The van der Waals surface area contributed by atoms with Crippen molar-refractivity contribution in [3.8, 4) is 0 Å². The maximum Gasteiger partial charge on any atom is 0.407 e. The zero-order valence-electron chi connectivity index (χ0n) is 20.4. The average molecular weight is 497 g/mol. The van der Waals surface area contributed by atoms with Gasteiger partial charge in [-0.1, -0.05) is 17.7 Å². The number of piperidine rings is 1. The number of rotatable bonds is 7. The highest BCUT2D eigenvalue weighted by Crippen LogP contribution is 2.34. The summed E-state index contributed by atoms with van der Waals surface area (Å²) in [5.41, 5.74) is 1.75. The van der Waals surface area contributed by atoms with Crippen LogP contribution in [0.25, 0.3) is 0 Å². The second kappa shape index (κ2) is 11.4. The zero-order valence-corrected chi connectivity index (χ0v) is 21.2. The molecule has 1 aliphatic carbocycles. The minimum absolute atomic E-state index is 0.0869. The van der Waals surface area contributed by atoms with Crippen molar-refractivity contribution in [3.63, 3.8) is 0 Å². The molecule has 0 unspecified atom stereocenters. The fraction of sp³-hybridized carbons (Fsp3) is 0.583. The number of nitrogens with zero attached hydrogens (tertiary/aromatic N) is 2. The predicted molar refractivity (Wildman–Crippen MR) is 129 cm³/mol. The van der Waals surface area contributed by atoms with Gasteiger partial charge in [-0.3, -0.25) is 5.10 Å². The molecule has 0 radical (unpaired) electrons. The fourth-order valence-electron chi connectivity index (χ4n) is 4.10. The summed E-state index contributed by atoms with van der Waals surface area (Å²) in [5.74, 6) is 0.479. The Morgan fingerprint density at radius 2 is 2.09 bits per heavy atom. The lowest BCUT2D eigenvalue weighted by atomic mass is 10.0. The second-order valence-electron chi connectivity index (χ2n) is 9.41. The van der Waals surface area contributed by atoms with Crippen LogP contribution in [0.15, 0.2) is 34.7 Å². The highest BCUT2D eigenvalue weighted by molar-refractivity contribution is 6.32. The first-order chi connectivity index (χ1) is 16.1. The van der Waals surface area contributed by atoms with Crippen molar-refractivity contribution >= 4 is 23.5 Å². The normalized spacial score (nSPS) is 19.4. The van der Waals surface area contributed by atoms with Gasteiger partial charge in [0.25, 0.3) is 0 Å². The number of alkyl carbamates (subject to hydrolysis) is 1. The van der Waals surface area contributed by atoms with E-state index in [1.807, 2.05) is 20.8 Å². The van der Waals surface area contributed by atoms with Crippen molar-refractivity contribution in [2.45, 2.75) is 64.4 Å². The molecular weight excluding hydrogens is 463 g/mol. The van der Waals surface area contributed by atoms with Gasteiger partial charge in [-0.2, -0.15) is 5.10 Å². The minimum atomic E-state index is -0.652. The molecule has 2 aliphatic rings. The first-order valence-corrected chi connectivity index (χ1v) is 11.8. The maximum absolute atomic E-state index is 13.8.